The first-order valence-corrected chi connectivity index (χ1v) is 3.06. The van der Waals surface area contributed by atoms with E-state index in [1.54, 1.807) is 0 Å². The third-order valence-electron chi connectivity index (χ3n) is 1.70. The molecule has 0 radical (unpaired) electrons. The lowest BCUT2D eigenvalue weighted by Crippen LogP contribution is -2.21. The van der Waals surface area contributed by atoms with Crippen LogP contribution < -0.4 is 11.5 Å². The molecule has 2 rings (SSSR count). The first-order valence-electron chi connectivity index (χ1n) is 3.06. The highest BCUT2D eigenvalue weighted by molar-refractivity contribution is 5.11. The zero-order chi connectivity index (χ0) is 7.19. The zero-order valence-electron chi connectivity index (χ0n) is 5.26. The van der Waals surface area contributed by atoms with Crippen LogP contribution in [0.1, 0.15) is 18.7 Å². The van der Waals surface area contributed by atoms with Crippen LogP contribution in [-0.2, 0) is 5.54 Å². The van der Waals surface area contributed by atoms with Crippen molar-refractivity contribution in [3.8, 4) is 0 Å². The fraction of sp³-hybridized carbons (Fsp3) is 0.600. The van der Waals surface area contributed by atoms with Crippen molar-refractivity contribution < 1.29 is 4.52 Å². The van der Waals surface area contributed by atoms with Crippen LogP contribution in [-0.4, -0.2) is 10.1 Å². The highest BCUT2D eigenvalue weighted by atomic mass is 16.5. The number of aromatic nitrogens is 2. The fourth-order valence-corrected chi connectivity index (χ4v) is 0.816. The summed E-state index contributed by atoms with van der Waals surface area (Å²) in [7, 11) is 0. The molecule has 0 bridgehead atoms. The van der Waals surface area contributed by atoms with Gasteiger partial charge in [-0.25, -0.2) is 4.79 Å². The van der Waals surface area contributed by atoms with Gasteiger partial charge in [0.15, 0.2) is 5.82 Å². The van der Waals surface area contributed by atoms with Gasteiger partial charge in [0.25, 0.3) is 0 Å². The van der Waals surface area contributed by atoms with Gasteiger partial charge in [-0.2, -0.15) is 0 Å². The molecule has 1 aliphatic carbocycles. The second kappa shape index (κ2) is 1.49. The molecule has 1 heterocycles. The van der Waals surface area contributed by atoms with Crippen LogP contribution in [0.15, 0.2) is 9.32 Å². The van der Waals surface area contributed by atoms with Crippen molar-refractivity contribution in [1.29, 1.82) is 0 Å². The molecule has 0 amide bonds. The average Bonchev–Trinajstić information content (AvgIpc) is 2.45. The Kier molecular flexibility index (Phi) is 0.843. The Morgan fingerprint density at radius 1 is 1.70 bits per heavy atom. The van der Waals surface area contributed by atoms with Gasteiger partial charge in [0.1, 0.15) is 0 Å². The maximum Gasteiger partial charge on any atom is 0.438 e. The minimum absolute atomic E-state index is 0.397. The van der Waals surface area contributed by atoms with Crippen molar-refractivity contribution in [3.63, 3.8) is 0 Å². The molecule has 1 aliphatic rings. The van der Waals surface area contributed by atoms with Gasteiger partial charge in [0.05, 0.1) is 5.54 Å². The third kappa shape index (κ3) is 0.672. The average molecular weight is 141 g/mol. The van der Waals surface area contributed by atoms with E-state index in [1.165, 1.54) is 0 Å². The zero-order valence-corrected chi connectivity index (χ0v) is 5.26. The van der Waals surface area contributed by atoms with Gasteiger partial charge in [-0.05, 0) is 12.8 Å². The predicted octanol–water partition coefficient (Wildman–Crippen LogP) is -0.689. The van der Waals surface area contributed by atoms with Crippen LogP contribution >= 0.6 is 0 Å². The second-order valence-electron chi connectivity index (χ2n) is 2.60. The molecule has 0 saturated heterocycles. The van der Waals surface area contributed by atoms with Crippen molar-refractivity contribution in [2.75, 3.05) is 0 Å². The topological polar surface area (TPSA) is 84.9 Å². The molecule has 0 unspecified atom stereocenters. The van der Waals surface area contributed by atoms with Crippen LogP contribution in [0.25, 0.3) is 0 Å². The van der Waals surface area contributed by atoms with Gasteiger partial charge in [0.2, 0.25) is 0 Å². The van der Waals surface area contributed by atoms with E-state index in [1.807, 2.05) is 0 Å². The Bertz CT molecular complexity index is 296. The number of aromatic amines is 1. The normalized spacial score (nSPS) is 20.9. The second-order valence-corrected chi connectivity index (χ2v) is 2.60. The molecular formula is C5H7N3O2. The maximum absolute atomic E-state index is 10.4. The summed E-state index contributed by atoms with van der Waals surface area (Å²) in [6.07, 6.45) is 1.74. The van der Waals surface area contributed by atoms with E-state index in [-0.39, 0.29) is 0 Å². The van der Waals surface area contributed by atoms with E-state index >= 15 is 0 Å². The molecule has 0 atom stereocenters. The fourth-order valence-electron chi connectivity index (χ4n) is 0.816. The molecule has 1 aromatic rings. The molecular weight excluding hydrogens is 134 g/mol. The number of nitrogens with zero attached hydrogens (tertiary/aromatic N) is 1. The van der Waals surface area contributed by atoms with E-state index in [0.717, 1.165) is 12.8 Å². The Labute approximate surface area is 56.2 Å². The lowest BCUT2D eigenvalue weighted by atomic mass is 10.3. The molecule has 0 aromatic carbocycles. The minimum atomic E-state index is -0.535. The summed E-state index contributed by atoms with van der Waals surface area (Å²) in [5.41, 5.74) is 5.29. The molecule has 5 nitrogen and oxygen atoms in total. The largest absolute Gasteiger partial charge is 0.438 e. The van der Waals surface area contributed by atoms with Gasteiger partial charge >= 0.3 is 5.76 Å². The summed E-state index contributed by atoms with van der Waals surface area (Å²) >= 11 is 0. The van der Waals surface area contributed by atoms with E-state index in [2.05, 4.69) is 14.7 Å². The molecule has 5 heteroatoms. The monoisotopic (exact) mass is 141 g/mol. The highest BCUT2D eigenvalue weighted by Crippen LogP contribution is 2.39. The molecule has 1 saturated carbocycles. The molecule has 10 heavy (non-hydrogen) atoms. The number of rotatable bonds is 1. The van der Waals surface area contributed by atoms with E-state index < -0.39 is 11.3 Å². The summed E-state index contributed by atoms with van der Waals surface area (Å²) in [5, 5.41) is 3.48. The minimum Gasteiger partial charge on any atom is -0.319 e. The number of H-pyrrole nitrogens is 1. The van der Waals surface area contributed by atoms with Crippen LogP contribution in [0.5, 0.6) is 0 Å². The molecule has 1 fully saturated rings. The van der Waals surface area contributed by atoms with Crippen molar-refractivity contribution in [2.24, 2.45) is 5.73 Å². The van der Waals surface area contributed by atoms with Crippen LogP contribution in [0.3, 0.4) is 0 Å². The Balaban J connectivity index is 2.43. The van der Waals surface area contributed by atoms with Crippen molar-refractivity contribution in [3.05, 3.63) is 16.4 Å². The molecule has 0 spiro atoms. The van der Waals surface area contributed by atoms with Crippen molar-refractivity contribution >= 4 is 0 Å². The molecule has 1 aromatic heterocycles. The Morgan fingerprint density at radius 2 is 2.40 bits per heavy atom. The van der Waals surface area contributed by atoms with Crippen LogP contribution in [0.2, 0.25) is 0 Å². The number of nitrogens with two attached hydrogens (primary N) is 1. The van der Waals surface area contributed by atoms with Crippen LogP contribution in [0.4, 0.5) is 0 Å². The van der Waals surface area contributed by atoms with E-state index in [0.29, 0.717) is 5.82 Å². The third-order valence-corrected chi connectivity index (χ3v) is 1.70. The van der Waals surface area contributed by atoms with Gasteiger partial charge in [-0.3, -0.25) is 9.51 Å². The van der Waals surface area contributed by atoms with Crippen molar-refractivity contribution in [1.82, 2.24) is 10.1 Å². The summed E-state index contributed by atoms with van der Waals surface area (Å²) in [6.45, 7) is 0. The smallest absolute Gasteiger partial charge is 0.319 e. The molecule has 54 valence electrons. The number of hydrogen-bond donors (Lipinski definition) is 2. The van der Waals surface area contributed by atoms with E-state index in [9.17, 15) is 4.79 Å². The lowest BCUT2D eigenvalue weighted by molar-refractivity contribution is 0.376. The first-order chi connectivity index (χ1) is 4.71. The van der Waals surface area contributed by atoms with Crippen molar-refractivity contribution in [2.45, 2.75) is 18.4 Å². The van der Waals surface area contributed by atoms with Gasteiger partial charge in [0, 0.05) is 0 Å². The summed E-state index contributed by atoms with van der Waals surface area (Å²) in [6, 6.07) is 0. The Morgan fingerprint density at radius 3 is 2.80 bits per heavy atom. The number of nitrogens with one attached hydrogen (secondary N) is 1. The molecule has 3 N–H and O–H groups in total. The summed E-state index contributed by atoms with van der Waals surface area (Å²) < 4.78 is 4.29. The van der Waals surface area contributed by atoms with Gasteiger partial charge < -0.3 is 5.73 Å². The highest BCUT2D eigenvalue weighted by Gasteiger charge is 2.43. The number of hydrogen-bond acceptors (Lipinski definition) is 4. The SMILES string of the molecule is NC1(c2noc(=O)[nH]2)CC1. The predicted molar refractivity (Wildman–Crippen MR) is 32.2 cm³/mol. The van der Waals surface area contributed by atoms with Gasteiger partial charge in [-0.1, -0.05) is 5.16 Å². The first kappa shape index (κ1) is 5.67. The standard InChI is InChI=1S/C5H7N3O2/c6-5(1-2-5)3-7-4(9)10-8-3/h1-2,6H2,(H,7,8,9). The maximum atomic E-state index is 10.4. The quantitative estimate of drug-likeness (QED) is 0.542. The molecule has 0 aliphatic heterocycles. The van der Waals surface area contributed by atoms with Gasteiger partial charge in [-0.15, -0.1) is 0 Å². The Hall–Kier alpha value is -1.10. The summed E-state index contributed by atoms with van der Waals surface area (Å²) in [4.78, 5) is 12.8. The van der Waals surface area contributed by atoms with E-state index in [4.69, 9.17) is 5.73 Å². The lowest BCUT2D eigenvalue weighted by Gasteiger charge is -1.98. The van der Waals surface area contributed by atoms with Crippen LogP contribution in [0, 0.1) is 0 Å². The summed E-state index contributed by atoms with van der Waals surface area (Å²) in [5.74, 6) is -0.0655.